The van der Waals surface area contributed by atoms with E-state index in [1.165, 1.54) is 29.2 Å². The number of benzene rings is 1. The van der Waals surface area contributed by atoms with Crippen molar-refractivity contribution in [3.8, 4) is 0 Å². The number of carbonyl (C=O) groups is 2. The largest absolute Gasteiger partial charge is 0.480 e. The van der Waals surface area contributed by atoms with Crippen molar-refractivity contribution in [2.45, 2.75) is 42.7 Å². The van der Waals surface area contributed by atoms with E-state index in [1.54, 1.807) is 0 Å². The lowest BCUT2D eigenvalue weighted by molar-refractivity contribution is -0.147. The minimum atomic E-state index is -3.72. The van der Waals surface area contributed by atoms with Gasteiger partial charge in [0.2, 0.25) is 10.0 Å². The molecule has 142 valence electrons. The van der Waals surface area contributed by atoms with E-state index in [2.05, 4.69) is 4.72 Å². The first kappa shape index (κ1) is 18.8. The molecule has 3 rings (SSSR count). The van der Waals surface area contributed by atoms with E-state index in [4.69, 9.17) is 4.74 Å². The molecule has 0 aromatic heterocycles. The number of ether oxygens (including phenoxy) is 1. The number of nitrogens with one attached hydrogen (secondary N) is 1. The number of carboxylic acid groups (broad SMARTS) is 1. The Hall–Kier alpha value is -1.97. The van der Waals surface area contributed by atoms with Gasteiger partial charge in [-0.3, -0.25) is 4.79 Å². The van der Waals surface area contributed by atoms with Crippen LogP contribution in [0, 0.1) is 0 Å². The van der Waals surface area contributed by atoms with Crippen LogP contribution >= 0.6 is 0 Å². The van der Waals surface area contributed by atoms with Crippen molar-refractivity contribution in [1.29, 1.82) is 0 Å². The highest BCUT2D eigenvalue weighted by molar-refractivity contribution is 7.89. The minimum Gasteiger partial charge on any atom is -0.480 e. The van der Waals surface area contributed by atoms with Gasteiger partial charge in [-0.05, 0) is 31.0 Å². The second kappa shape index (κ2) is 7.73. The minimum absolute atomic E-state index is 0.00962. The average molecular weight is 382 g/mol. The van der Waals surface area contributed by atoms with Gasteiger partial charge in [0, 0.05) is 18.2 Å². The van der Waals surface area contributed by atoms with Crippen molar-refractivity contribution in [3.63, 3.8) is 0 Å². The molecule has 9 heteroatoms. The average Bonchev–Trinajstić information content (AvgIpc) is 3.13. The number of nitrogens with zero attached hydrogens (tertiary/aromatic N) is 1. The van der Waals surface area contributed by atoms with Crippen molar-refractivity contribution in [3.05, 3.63) is 29.8 Å². The standard InChI is InChI=1S/C17H22N2O6S/c20-16(19-8-9-25-11-15(19)17(21)22)12-4-3-7-14(10-12)26(23,24)18-13-5-1-2-6-13/h3-4,7,10,13,15,18H,1-2,5-6,8-9,11H2,(H,21,22). The molecule has 1 atom stereocenters. The molecule has 1 aliphatic heterocycles. The highest BCUT2D eigenvalue weighted by atomic mass is 32.2. The van der Waals surface area contributed by atoms with E-state index in [1.807, 2.05) is 0 Å². The van der Waals surface area contributed by atoms with Crippen LogP contribution in [0.25, 0.3) is 0 Å². The third kappa shape index (κ3) is 4.05. The lowest BCUT2D eigenvalue weighted by Crippen LogP contribution is -2.52. The highest BCUT2D eigenvalue weighted by Crippen LogP contribution is 2.21. The predicted octanol–water partition coefficient (Wildman–Crippen LogP) is 0.833. The third-order valence-corrected chi connectivity index (χ3v) is 6.26. The van der Waals surface area contributed by atoms with Crippen LogP contribution in [-0.2, 0) is 19.6 Å². The maximum Gasteiger partial charge on any atom is 0.328 e. The maximum absolute atomic E-state index is 12.7. The van der Waals surface area contributed by atoms with Crippen molar-refractivity contribution in [2.24, 2.45) is 0 Å². The second-order valence-electron chi connectivity index (χ2n) is 6.56. The number of amides is 1. The van der Waals surface area contributed by atoms with Gasteiger partial charge in [-0.1, -0.05) is 18.9 Å². The summed E-state index contributed by atoms with van der Waals surface area (Å²) in [5.41, 5.74) is 0.146. The van der Waals surface area contributed by atoms with Crippen molar-refractivity contribution in [1.82, 2.24) is 9.62 Å². The van der Waals surface area contributed by atoms with Crippen molar-refractivity contribution < 1.29 is 27.9 Å². The number of hydrogen-bond donors (Lipinski definition) is 2. The number of rotatable bonds is 5. The Bertz CT molecular complexity index is 788. The molecule has 26 heavy (non-hydrogen) atoms. The molecule has 1 aromatic carbocycles. The van der Waals surface area contributed by atoms with Gasteiger partial charge in [0.1, 0.15) is 0 Å². The topological polar surface area (TPSA) is 113 Å². The van der Waals surface area contributed by atoms with Gasteiger partial charge in [-0.2, -0.15) is 0 Å². The number of carbonyl (C=O) groups excluding carboxylic acids is 1. The lowest BCUT2D eigenvalue weighted by atomic mass is 10.1. The van der Waals surface area contributed by atoms with E-state index in [0.717, 1.165) is 25.7 Å². The Morgan fingerprint density at radius 3 is 2.65 bits per heavy atom. The van der Waals surface area contributed by atoms with Gasteiger partial charge < -0.3 is 14.7 Å². The van der Waals surface area contributed by atoms with Crippen LogP contribution in [0.3, 0.4) is 0 Å². The molecular formula is C17H22N2O6S. The number of hydrogen-bond acceptors (Lipinski definition) is 5. The summed E-state index contributed by atoms with van der Waals surface area (Å²) in [4.78, 5) is 25.3. The SMILES string of the molecule is O=C(O)C1COCCN1C(=O)c1cccc(S(=O)(=O)NC2CCCC2)c1. The van der Waals surface area contributed by atoms with Crippen LogP contribution < -0.4 is 4.72 Å². The van der Waals surface area contributed by atoms with Crippen LogP contribution in [0.5, 0.6) is 0 Å². The fourth-order valence-corrected chi connectivity index (χ4v) is 4.70. The lowest BCUT2D eigenvalue weighted by Gasteiger charge is -2.32. The normalized spacial score (nSPS) is 21.7. The molecular weight excluding hydrogens is 360 g/mol. The molecule has 1 saturated heterocycles. The van der Waals surface area contributed by atoms with Gasteiger partial charge in [0.25, 0.3) is 5.91 Å². The van der Waals surface area contributed by atoms with Gasteiger partial charge in [-0.15, -0.1) is 0 Å². The summed E-state index contributed by atoms with van der Waals surface area (Å²) in [5.74, 6) is -1.66. The Morgan fingerprint density at radius 1 is 1.23 bits per heavy atom. The molecule has 1 heterocycles. The quantitative estimate of drug-likeness (QED) is 0.780. The summed E-state index contributed by atoms with van der Waals surface area (Å²) >= 11 is 0. The fourth-order valence-electron chi connectivity index (χ4n) is 3.34. The van der Waals surface area contributed by atoms with Crippen LogP contribution in [0.1, 0.15) is 36.0 Å². The predicted molar refractivity (Wildman–Crippen MR) is 92.3 cm³/mol. The fraction of sp³-hybridized carbons (Fsp3) is 0.529. The highest BCUT2D eigenvalue weighted by Gasteiger charge is 2.33. The summed E-state index contributed by atoms with van der Waals surface area (Å²) in [6.07, 6.45) is 3.62. The van der Waals surface area contributed by atoms with E-state index < -0.39 is 27.9 Å². The van der Waals surface area contributed by atoms with Crippen LogP contribution in [0.2, 0.25) is 0 Å². The zero-order valence-electron chi connectivity index (χ0n) is 14.3. The third-order valence-electron chi connectivity index (χ3n) is 4.74. The molecule has 2 fully saturated rings. The Balaban J connectivity index is 1.81. The molecule has 2 N–H and O–H groups in total. The zero-order valence-corrected chi connectivity index (χ0v) is 15.1. The molecule has 1 saturated carbocycles. The molecule has 1 aliphatic carbocycles. The van der Waals surface area contributed by atoms with Gasteiger partial charge in [-0.25, -0.2) is 17.9 Å². The molecule has 1 aromatic rings. The maximum atomic E-state index is 12.7. The Labute approximate surface area is 152 Å². The molecule has 2 aliphatic rings. The number of aliphatic carboxylic acids is 1. The summed E-state index contributed by atoms with van der Waals surface area (Å²) < 4.78 is 32.9. The smallest absolute Gasteiger partial charge is 0.328 e. The van der Waals surface area contributed by atoms with Crippen molar-refractivity contribution >= 4 is 21.9 Å². The number of sulfonamides is 1. The monoisotopic (exact) mass is 382 g/mol. The molecule has 0 spiro atoms. The van der Waals surface area contributed by atoms with Crippen LogP contribution in [0.15, 0.2) is 29.2 Å². The number of carboxylic acids is 1. The number of morpholine rings is 1. The summed E-state index contributed by atoms with van der Waals surface area (Å²) in [5, 5.41) is 9.27. The van der Waals surface area contributed by atoms with E-state index in [0.29, 0.717) is 0 Å². The Kier molecular flexibility index (Phi) is 5.59. The van der Waals surface area contributed by atoms with E-state index >= 15 is 0 Å². The first-order valence-electron chi connectivity index (χ1n) is 8.62. The molecule has 0 bridgehead atoms. The second-order valence-corrected chi connectivity index (χ2v) is 8.27. The first-order valence-corrected chi connectivity index (χ1v) is 10.1. The van der Waals surface area contributed by atoms with Gasteiger partial charge >= 0.3 is 5.97 Å². The van der Waals surface area contributed by atoms with Crippen LogP contribution in [0.4, 0.5) is 0 Å². The molecule has 0 radical (unpaired) electrons. The molecule has 1 amide bonds. The summed E-state index contributed by atoms with van der Waals surface area (Å²) in [7, 11) is -3.72. The van der Waals surface area contributed by atoms with Gasteiger partial charge in [0.15, 0.2) is 6.04 Å². The molecule has 8 nitrogen and oxygen atoms in total. The molecule has 1 unspecified atom stereocenters. The summed E-state index contributed by atoms with van der Waals surface area (Å²) in [6.45, 7) is 0.312. The van der Waals surface area contributed by atoms with E-state index in [9.17, 15) is 23.1 Å². The van der Waals surface area contributed by atoms with Crippen LogP contribution in [-0.4, -0.2) is 62.1 Å². The summed E-state index contributed by atoms with van der Waals surface area (Å²) in [6, 6.07) is 4.57. The van der Waals surface area contributed by atoms with E-state index in [-0.39, 0.29) is 36.3 Å². The zero-order chi connectivity index (χ0) is 18.7. The first-order chi connectivity index (χ1) is 12.4. The van der Waals surface area contributed by atoms with Crippen molar-refractivity contribution in [2.75, 3.05) is 19.8 Å². The Morgan fingerprint density at radius 2 is 1.96 bits per heavy atom. The van der Waals surface area contributed by atoms with Gasteiger partial charge in [0.05, 0.1) is 18.1 Å².